The normalized spacial score (nSPS) is 10.9. The molecule has 2 heterocycles. The van der Waals surface area contributed by atoms with E-state index in [1.54, 1.807) is 29.0 Å². The minimum Gasteiger partial charge on any atom is -0.338 e. The predicted molar refractivity (Wildman–Crippen MR) is 119 cm³/mol. The van der Waals surface area contributed by atoms with Crippen molar-refractivity contribution >= 4 is 17.4 Å². The number of aromatic nitrogens is 3. The van der Waals surface area contributed by atoms with Crippen LogP contribution in [-0.4, -0.2) is 40.8 Å². The average molecular weight is 418 g/mol. The number of amides is 2. The van der Waals surface area contributed by atoms with Crippen LogP contribution in [0.1, 0.15) is 6.42 Å². The fraction of sp³-hybridized carbons (Fsp3) is 0.174. The number of anilines is 1. The number of hydrogen-bond donors (Lipinski definition) is 3. The molecule has 4 aromatic rings. The molecular weight excluding hydrogens is 395 g/mol. The Morgan fingerprint density at radius 1 is 1.03 bits per heavy atom. The van der Waals surface area contributed by atoms with Crippen LogP contribution in [0.4, 0.5) is 14.9 Å². The van der Waals surface area contributed by atoms with Crippen LogP contribution in [0.5, 0.6) is 0 Å². The topological polar surface area (TPSA) is 83.3 Å². The van der Waals surface area contributed by atoms with E-state index in [-0.39, 0.29) is 11.8 Å². The van der Waals surface area contributed by atoms with Gasteiger partial charge in [-0.3, -0.25) is 0 Å². The van der Waals surface area contributed by atoms with Crippen LogP contribution in [0.15, 0.2) is 67.1 Å². The highest BCUT2D eigenvalue weighted by atomic mass is 19.1. The highest BCUT2D eigenvalue weighted by Crippen LogP contribution is 2.27. The van der Waals surface area contributed by atoms with E-state index in [0.29, 0.717) is 17.9 Å². The molecule has 0 unspecified atom stereocenters. The summed E-state index contributed by atoms with van der Waals surface area (Å²) in [5, 5.41) is 13.2. The highest BCUT2D eigenvalue weighted by Gasteiger charge is 2.11. The number of hydrogen-bond acceptors (Lipinski definition) is 4. The van der Waals surface area contributed by atoms with Crippen LogP contribution in [0.2, 0.25) is 0 Å². The molecular formula is C23H23FN6O. The molecule has 3 N–H and O–H groups in total. The van der Waals surface area contributed by atoms with Crippen molar-refractivity contribution in [1.29, 1.82) is 0 Å². The van der Waals surface area contributed by atoms with Gasteiger partial charge in [0.15, 0.2) is 5.65 Å². The zero-order valence-corrected chi connectivity index (χ0v) is 17.1. The summed E-state index contributed by atoms with van der Waals surface area (Å²) in [7, 11) is 1.88. The van der Waals surface area contributed by atoms with Crippen LogP contribution in [0.3, 0.4) is 0 Å². The molecule has 0 atom stereocenters. The number of urea groups is 1. The van der Waals surface area contributed by atoms with Crippen LogP contribution < -0.4 is 16.0 Å². The molecule has 0 saturated carbocycles. The largest absolute Gasteiger partial charge is 0.338 e. The Hall–Kier alpha value is -3.78. The molecule has 7 nitrogen and oxygen atoms in total. The van der Waals surface area contributed by atoms with E-state index in [4.69, 9.17) is 0 Å². The van der Waals surface area contributed by atoms with Gasteiger partial charge in [-0.05, 0) is 55.4 Å². The number of benzene rings is 2. The monoisotopic (exact) mass is 418 g/mol. The molecule has 0 bridgehead atoms. The van der Waals surface area contributed by atoms with Gasteiger partial charge in [-0.25, -0.2) is 18.7 Å². The Bertz CT molecular complexity index is 1190. The molecule has 0 aliphatic rings. The zero-order valence-electron chi connectivity index (χ0n) is 17.1. The summed E-state index contributed by atoms with van der Waals surface area (Å²) in [5.74, 6) is -0.278. The first kappa shape index (κ1) is 20.5. The average Bonchev–Trinajstić information content (AvgIpc) is 3.21. The Morgan fingerprint density at radius 3 is 2.68 bits per heavy atom. The van der Waals surface area contributed by atoms with Gasteiger partial charge in [0, 0.05) is 35.8 Å². The predicted octanol–water partition coefficient (Wildman–Crippen LogP) is 3.93. The number of carbonyl (C=O) groups is 1. The van der Waals surface area contributed by atoms with Gasteiger partial charge in [-0.2, -0.15) is 5.10 Å². The second-order valence-corrected chi connectivity index (χ2v) is 7.09. The first-order chi connectivity index (χ1) is 15.1. The quantitative estimate of drug-likeness (QED) is 0.397. The van der Waals surface area contributed by atoms with Gasteiger partial charge in [0.1, 0.15) is 5.82 Å². The Labute approximate surface area is 179 Å². The Balaban J connectivity index is 1.53. The van der Waals surface area contributed by atoms with Crippen LogP contribution >= 0.6 is 0 Å². The summed E-state index contributed by atoms with van der Waals surface area (Å²) in [6.07, 6.45) is 6.21. The molecule has 0 aliphatic heterocycles. The summed E-state index contributed by atoms with van der Waals surface area (Å²) < 4.78 is 14.9. The van der Waals surface area contributed by atoms with Crippen molar-refractivity contribution in [2.45, 2.75) is 6.42 Å². The lowest BCUT2D eigenvalue weighted by atomic mass is 10.1. The number of nitrogens with one attached hydrogen (secondary N) is 3. The maximum Gasteiger partial charge on any atom is 0.319 e. The Kier molecular flexibility index (Phi) is 6.18. The van der Waals surface area contributed by atoms with Crippen LogP contribution in [-0.2, 0) is 0 Å². The van der Waals surface area contributed by atoms with E-state index in [1.807, 2.05) is 37.5 Å². The van der Waals surface area contributed by atoms with E-state index in [2.05, 4.69) is 26.0 Å². The lowest BCUT2D eigenvalue weighted by molar-refractivity contribution is 0.252. The summed E-state index contributed by atoms with van der Waals surface area (Å²) in [6.45, 7) is 1.45. The second kappa shape index (κ2) is 9.36. The molecule has 158 valence electrons. The molecule has 2 aromatic carbocycles. The maximum atomic E-state index is 13.2. The summed E-state index contributed by atoms with van der Waals surface area (Å²) >= 11 is 0. The van der Waals surface area contributed by atoms with Gasteiger partial charge in [-0.1, -0.05) is 24.3 Å². The first-order valence-corrected chi connectivity index (χ1v) is 10.0. The van der Waals surface area contributed by atoms with Gasteiger partial charge in [-0.15, -0.1) is 0 Å². The molecule has 4 rings (SSSR count). The molecule has 0 spiro atoms. The summed E-state index contributed by atoms with van der Waals surface area (Å²) in [5.41, 5.74) is 4.83. The van der Waals surface area contributed by atoms with E-state index >= 15 is 0 Å². The van der Waals surface area contributed by atoms with E-state index in [0.717, 1.165) is 35.2 Å². The van der Waals surface area contributed by atoms with E-state index in [1.165, 1.54) is 12.1 Å². The molecule has 2 aromatic heterocycles. The van der Waals surface area contributed by atoms with Crippen molar-refractivity contribution in [2.75, 3.05) is 25.5 Å². The molecule has 31 heavy (non-hydrogen) atoms. The van der Waals surface area contributed by atoms with Gasteiger partial charge >= 0.3 is 6.03 Å². The SMILES string of the molecule is CNCCCNC(=O)Nc1cccc(-c2cnn3cc(-c4ccc(F)cc4)cnc23)c1. The van der Waals surface area contributed by atoms with Crippen molar-refractivity contribution in [3.05, 3.63) is 72.9 Å². The van der Waals surface area contributed by atoms with E-state index < -0.39 is 0 Å². The second-order valence-electron chi connectivity index (χ2n) is 7.09. The number of carbonyl (C=O) groups excluding carboxylic acids is 1. The van der Waals surface area contributed by atoms with Gasteiger partial charge in [0.2, 0.25) is 0 Å². The molecule has 0 radical (unpaired) electrons. The number of halogens is 1. The molecule has 0 fully saturated rings. The third kappa shape index (κ3) is 4.87. The number of fused-ring (bicyclic) bond motifs is 1. The van der Waals surface area contributed by atoms with E-state index in [9.17, 15) is 9.18 Å². The lowest BCUT2D eigenvalue weighted by Gasteiger charge is -2.09. The Morgan fingerprint density at radius 2 is 1.87 bits per heavy atom. The van der Waals surface area contributed by atoms with Crippen molar-refractivity contribution in [3.63, 3.8) is 0 Å². The van der Waals surface area contributed by atoms with Crippen LogP contribution in [0.25, 0.3) is 27.9 Å². The fourth-order valence-electron chi connectivity index (χ4n) is 3.28. The smallest absolute Gasteiger partial charge is 0.319 e. The summed E-state index contributed by atoms with van der Waals surface area (Å²) in [6, 6.07) is 13.6. The van der Waals surface area contributed by atoms with Crippen molar-refractivity contribution in [3.8, 4) is 22.3 Å². The third-order valence-corrected chi connectivity index (χ3v) is 4.85. The lowest BCUT2D eigenvalue weighted by Crippen LogP contribution is -2.30. The summed E-state index contributed by atoms with van der Waals surface area (Å²) in [4.78, 5) is 16.7. The van der Waals surface area contributed by atoms with Crippen molar-refractivity contribution < 1.29 is 9.18 Å². The zero-order chi connectivity index (χ0) is 21.6. The van der Waals surface area contributed by atoms with Gasteiger partial charge in [0.25, 0.3) is 0 Å². The van der Waals surface area contributed by atoms with Crippen molar-refractivity contribution in [2.24, 2.45) is 0 Å². The molecule has 2 amide bonds. The molecule has 8 heteroatoms. The molecule has 0 aliphatic carbocycles. The van der Waals surface area contributed by atoms with Gasteiger partial charge in [0.05, 0.1) is 6.20 Å². The van der Waals surface area contributed by atoms with Crippen molar-refractivity contribution in [1.82, 2.24) is 25.2 Å². The van der Waals surface area contributed by atoms with Crippen LogP contribution in [0, 0.1) is 5.82 Å². The highest BCUT2D eigenvalue weighted by molar-refractivity contribution is 5.90. The fourth-order valence-corrected chi connectivity index (χ4v) is 3.28. The maximum absolute atomic E-state index is 13.2. The number of rotatable bonds is 7. The first-order valence-electron chi connectivity index (χ1n) is 10.0. The standard InChI is InChI=1S/C23H23FN6O/c1-25-10-3-11-26-23(31)29-20-5-2-4-17(12-20)21-14-28-30-15-18(13-27-22(21)30)16-6-8-19(24)9-7-16/h2,4-9,12-15,25H,3,10-11H2,1H3,(H2,26,29,31). The molecule has 0 saturated heterocycles. The van der Waals surface area contributed by atoms with Gasteiger partial charge < -0.3 is 16.0 Å². The minimum atomic E-state index is -0.278. The third-order valence-electron chi connectivity index (χ3n) is 4.85. The number of nitrogens with zero attached hydrogens (tertiary/aromatic N) is 3. The minimum absolute atomic E-state index is 0.241.